The predicted molar refractivity (Wildman–Crippen MR) is 96.3 cm³/mol. The zero-order valence-corrected chi connectivity index (χ0v) is 15.9. The molecule has 0 aliphatic carbocycles. The van der Waals surface area contributed by atoms with Gasteiger partial charge in [0.25, 0.3) is 0 Å². The molecule has 24 heavy (non-hydrogen) atoms. The van der Waals surface area contributed by atoms with E-state index in [1.54, 1.807) is 24.5 Å². The second kappa shape index (κ2) is 7.39. The Bertz CT molecular complexity index is 784. The fourth-order valence-electron chi connectivity index (χ4n) is 3.03. The first-order chi connectivity index (χ1) is 11.5. The van der Waals surface area contributed by atoms with Crippen LogP contribution in [0, 0.1) is 6.92 Å². The molecule has 0 spiro atoms. The number of furan rings is 1. The van der Waals surface area contributed by atoms with Gasteiger partial charge in [0.05, 0.1) is 17.2 Å². The van der Waals surface area contributed by atoms with Gasteiger partial charge in [-0.3, -0.25) is 4.90 Å². The van der Waals surface area contributed by atoms with Crippen LogP contribution < -0.4 is 4.72 Å². The number of halogens is 1. The molecule has 1 aromatic heterocycles. The Morgan fingerprint density at radius 3 is 2.67 bits per heavy atom. The highest BCUT2D eigenvalue weighted by Crippen LogP contribution is 2.27. The quantitative estimate of drug-likeness (QED) is 0.788. The van der Waals surface area contributed by atoms with Gasteiger partial charge in [-0.15, -0.1) is 0 Å². The second-order valence-electron chi connectivity index (χ2n) is 6.06. The monoisotopic (exact) mass is 412 g/mol. The van der Waals surface area contributed by atoms with Crippen LogP contribution in [-0.4, -0.2) is 33.0 Å². The Hall–Kier alpha value is -1.15. The number of nitrogens with one attached hydrogen (secondary N) is 1. The van der Waals surface area contributed by atoms with Crippen molar-refractivity contribution in [1.82, 2.24) is 9.62 Å². The van der Waals surface area contributed by atoms with E-state index in [-0.39, 0.29) is 17.5 Å². The topological polar surface area (TPSA) is 62.6 Å². The molecule has 5 nitrogen and oxygen atoms in total. The van der Waals surface area contributed by atoms with Crippen molar-refractivity contribution in [2.24, 2.45) is 0 Å². The maximum atomic E-state index is 12.7. The molecule has 0 bridgehead atoms. The Morgan fingerprint density at radius 2 is 2.04 bits per heavy atom. The Kier molecular flexibility index (Phi) is 5.44. The predicted octanol–water partition coefficient (Wildman–Crippen LogP) is 3.47. The summed E-state index contributed by atoms with van der Waals surface area (Å²) in [5.41, 5.74) is 1.01. The molecule has 1 atom stereocenters. The first-order valence-electron chi connectivity index (χ1n) is 8.00. The van der Waals surface area contributed by atoms with Crippen molar-refractivity contribution in [2.45, 2.75) is 30.7 Å². The first-order valence-corrected chi connectivity index (χ1v) is 10.3. The standard InChI is InChI=1S/C17H21BrN2O3S/c1-13-6-7-17(14(18)11-13)24(21,22)19-12-15(16-5-4-10-23-16)20-8-2-3-9-20/h4-7,10-11,15,19H,2-3,8-9,12H2,1H3. The van der Waals surface area contributed by atoms with Crippen LogP contribution in [-0.2, 0) is 10.0 Å². The summed E-state index contributed by atoms with van der Waals surface area (Å²) in [4.78, 5) is 2.53. The van der Waals surface area contributed by atoms with E-state index in [4.69, 9.17) is 4.42 Å². The number of likely N-dealkylation sites (tertiary alicyclic amines) is 1. The largest absolute Gasteiger partial charge is 0.468 e. The van der Waals surface area contributed by atoms with E-state index in [9.17, 15) is 8.42 Å². The Balaban J connectivity index is 1.78. The summed E-state index contributed by atoms with van der Waals surface area (Å²) < 4.78 is 34.2. The lowest BCUT2D eigenvalue weighted by molar-refractivity contribution is 0.216. The first kappa shape index (κ1) is 17.7. The molecular weight excluding hydrogens is 392 g/mol. The van der Waals surface area contributed by atoms with Crippen LogP contribution in [0.5, 0.6) is 0 Å². The molecule has 1 aliphatic rings. The van der Waals surface area contributed by atoms with Gasteiger partial charge in [-0.1, -0.05) is 6.07 Å². The van der Waals surface area contributed by atoms with Crippen LogP contribution in [0.25, 0.3) is 0 Å². The molecule has 0 radical (unpaired) electrons. The van der Waals surface area contributed by atoms with Gasteiger partial charge in [-0.25, -0.2) is 13.1 Å². The van der Waals surface area contributed by atoms with E-state index in [0.29, 0.717) is 4.47 Å². The molecule has 1 saturated heterocycles. The van der Waals surface area contributed by atoms with Crippen LogP contribution in [0.1, 0.15) is 30.2 Å². The van der Waals surface area contributed by atoms with E-state index >= 15 is 0 Å². The third-order valence-corrected chi connectivity index (χ3v) is 6.70. The van der Waals surface area contributed by atoms with E-state index in [0.717, 1.165) is 37.3 Å². The molecule has 1 unspecified atom stereocenters. The van der Waals surface area contributed by atoms with Crippen LogP contribution in [0.2, 0.25) is 0 Å². The van der Waals surface area contributed by atoms with Crippen LogP contribution in [0.4, 0.5) is 0 Å². The van der Waals surface area contributed by atoms with E-state index < -0.39 is 10.0 Å². The highest BCUT2D eigenvalue weighted by Gasteiger charge is 2.28. The maximum absolute atomic E-state index is 12.7. The lowest BCUT2D eigenvalue weighted by atomic mass is 10.2. The highest BCUT2D eigenvalue weighted by molar-refractivity contribution is 9.10. The van der Waals surface area contributed by atoms with Crippen molar-refractivity contribution in [2.75, 3.05) is 19.6 Å². The van der Waals surface area contributed by atoms with Crippen LogP contribution in [0.15, 0.2) is 50.4 Å². The summed E-state index contributed by atoms with van der Waals surface area (Å²) in [6.45, 7) is 4.13. The molecule has 1 aromatic carbocycles. The Labute approximate surface area is 151 Å². The molecular formula is C17H21BrN2O3S. The number of nitrogens with zero attached hydrogens (tertiary/aromatic N) is 1. The molecule has 1 aliphatic heterocycles. The molecule has 1 fully saturated rings. The normalized spacial score (nSPS) is 17.2. The summed E-state index contributed by atoms with van der Waals surface area (Å²) in [6, 6.07) is 8.88. The van der Waals surface area contributed by atoms with Gasteiger partial charge in [0.2, 0.25) is 10.0 Å². The van der Waals surface area contributed by atoms with Crippen molar-refractivity contribution >= 4 is 26.0 Å². The minimum atomic E-state index is -3.59. The smallest absolute Gasteiger partial charge is 0.241 e. The van der Waals surface area contributed by atoms with Crippen molar-refractivity contribution in [3.8, 4) is 0 Å². The second-order valence-corrected chi connectivity index (χ2v) is 8.65. The molecule has 2 aromatic rings. The zero-order valence-electron chi connectivity index (χ0n) is 13.5. The minimum absolute atomic E-state index is 0.0819. The average Bonchev–Trinajstić information content (AvgIpc) is 3.20. The average molecular weight is 413 g/mol. The molecule has 0 amide bonds. The van der Waals surface area contributed by atoms with Crippen LogP contribution in [0.3, 0.4) is 0 Å². The van der Waals surface area contributed by atoms with Crippen molar-refractivity contribution < 1.29 is 12.8 Å². The van der Waals surface area contributed by atoms with Gasteiger partial charge >= 0.3 is 0 Å². The number of hydrogen-bond acceptors (Lipinski definition) is 4. The lowest BCUT2D eigenvalue weighted by Gasteiger charge is -2.26. The van der Waals surface area contributed by atoms with Gasteiger partial charge in [0.15, 0.2) is 0 Å². The summed E-state index contributed by atoms with van der Waals surface area (Å²) in [6.07, 6.45) is 3.89. The maximum Gasteiger partial charge on any atom is 0.241 e. The van der Waals surface area contributed by atoms with Gasteiger partial charge < -0.3 is 4.42 Å². The highest BCUT2D eigenvalue weighted by atomic mass is 79.9. The number of hydrogen-bond donors (Lipinski definition) is 1. The lowest BCUT2D eigenvalue weighted by Crippen LogP contribution is -2.36. The number of rotatable bonds is 6. The molecule has 130 valence electrons. The summed E-state index contributed by atoms with van der Waals surface area (Å²) in [7, 11) is -3.59. The van der Waals surface area contributed by atoms with Crippen molar-refractivity contribution in [3.63, 3.8) is 0 Å². The third-order valence-electron chi connectivity index (χ3n) is 4.30. The summed E-state index contributed by atoms with van der Waals surface area (Å²) in [5, 5.41) is 0. The van der Waals surface area contributed by atoms with Gasteiger partial charge in [0, 0.05) is 11.0 Å². The SMILES string of the molecule is Cc1ccc(S(=O)(=O)NCC(c2ccco2)N2CCCC2)c(Br)c1. The van der Waals surface area contributed by atoms with E-state index in [1.165, 1.54) is 0 Å². The molecule has 3 rings (SSSR count). The fraction of sp³-hybridized carbons (Fsp3) is 0.412. The van der Waals surface area contributed by atoms with E-state index in [2.05, 4.69) is 25.6 Å². The molecule has 1 N–H and O–H groups in total. The van der Waals surface area contributed by atoms with Crippen LogP contribution >= 0.6 is 15.9 Å². The van der Waals surface area contributed by atoms with Crippen molar-refractivity contribution in [3.05, 3.63) is 52.4 Å². The van der Waals surface area contributed by atoms with Gasteiger partial charge in [-0.2, -0.15) is 0 Å². The van der Waals surface area contributed by atoms with Crippen molar-refractivity contribution in [1.29, 1.82) is 0 Å². The number of aryl methyl sites for hydroxylation is 1. The summed E-state index contributed by atoms with van der Waals surface area (Å²) >= 11 is 3.35. The zero-order chi connectivity index (χ0) is 17.2. The number of sulfonamides is 1. The molecule has 0 saturated carbocycles. The minimum Gasteiger partial charge on any atom is -0.468 e. The molecule has 2 heterocycles. The third kappa shape index (κ3) is 3.91. The fourth-order valence-corrected chi connectivity index (χ4v) is 5.26. The number of benzene rings is 1. The Morgan fingerprint density at radius 1 is 1.29 bits per heavy atom. The van der Waals surface area contributed by atoms with Gasteiger partial charge in [0.1, 0.15) is 5.76 Å². The van der Waals surface area contributed by atoms with Gasteiger partial charge in [-0.05, 0) is 78.6 Å². The summed E-state index contributed by atoms with van der Waals surface area (Å²) in [5.74, 6) is 0.794. The van der Waals surface area contributed by atoms with E-state index in [1.807, 2.05) is 19.1 Å². The molecule has 7 heteroatoms.